The van der Waals surface area contributed by atoms with E-state index < -0.39 is 0 Å². The lowest BCUT2D eigenvalue weighted by Crippen LogP contribution is -2.28. The fraction of sp³-hybridized carbons (Fsp3) is 0.643. The van der Waals surface area contributed by atoms with E-state index in [0.29, 0.717) is 18.2 Å². The van der Waals surface area contributed by atoms with E-state index in [1.165, 1.54) is 0 Å². The maximum atomic E-state index is 5.83. The topological polar surface area (TPSA) is 63.4 Å². The number of nitrogen functional groups attached to an aromatic ring is 1. The molecule has 108 valence electrons. The molecule has 0 bridgehead atoms. The van der Waals surface area contributed by atoms with E-state index in [-0.39, 0.29) is 0 Å². The summed E-state index contributed by atoms with van der Waals surface area (Å²) in [6.07, 6.45) is 0.945. The SMILES string of the molecule is CCCOc1nc(NCCN(CC)CC)ccc1N. The van der Waals surface area contributed by atoms with Crippen molar-refractivity contribution in [2.75, 3.05) is 43.8 Å². The summed E-state index contributed by atoms with van der Waals surface area (Å²) in [6.45, 7) is 11.0. The first kappa shape index (κ1) is 15.6. The summed E-state index contributed by atoms with van der Waals surface area (Å²) >= 11 is 0. The quantitative estimate of drug-likeness (QED) is 0.717. The van der Waals surface area contributed by atoms with E-state index in [4.69, 9.17) is 10.5 Å². The van der Waals surface area contributed by atoms with Gasteiger partial charge in [0.25, 0.3) is 0 Å². The molecule has 0 aromatic carbocycles. The van der Waals surface area contributed by atoms with Gasteiger partial charge >= 0.3 is 0 Å². The number of pyridine rings is 1. The van der Waals surface area contributed by atoms with Crippen LogP contribution in [0.1, 0.15) is 27.2 Å². The Bertz CT molecular complexity index is 366. The number of hydrogen-bond donors (Lipinski definition) is 2. The Kier molecular flexibility index (Phi) is 7.03. The highest BCUT2D eigenvalue weighted by atomic mass is 16.5. The van der Waals surface area contributed by atoms with Crippen molar-refractivity contribution in [2.24, 2.45) is 0 Å². The monoisotopic (exact) mass is 266 g/mol. The molecule has 1 heterocycles. The summed E-state index contributed by atoms with van der Waals surface area (Å²) < 4.78 is 5.51. The van der Waals surface area contributed by atoms with Crippen molar-refractivity contribution in [1.82, 2.24) is 9.88 Å². The number of nitrogens with one attached hydrogen (secondary N) is 1. The van der Waals surface area contributed by atoms with Crippen molar-refractivity contribution >= 4 is 11.5 Å². The van der Waals surface area contributed by atoms with Gasteiger partial charge in [-0.05, 0) is 31.6 Å². The zero-order valence-electron chi connectivity index (χ0n) is 12.3. The number of aromatic nitrogens is 1. The molecule has 1 aromatic heterocycles. The van der Waals surface area contributed by atoms with Crippen molar-refractivity contribution in [3.05, 3.63) is 12.1 Å². The second-order valence-corrected chi connectivity index (χ2v) is 4.39. The first-order valence-electron chi connectivity index (χ1n) is 7.06. The number of ether oxygens (including phenoxy) is 1. The number of anilines is 2. The van der Waals surface area contributed by atoms with E-state index in [2.05, 4.69) is 36.0 Å². The Morgan fingerprint density at radius 1 is 1.26 bits per heavy atom. The van der Waals surface area contributed by atoms with Crippen LogP contribution in [-0.4, -0.2) is 42.7 Å². The molecule has 0 aliphatic rings. The van der Waals surface area contributed by atoms with E-state index in [1.807, 2.05) is 12.1 Å². The summed E-state index contributed by atoms with van der Waals surface area (Å²) in [5.41, 5.74) is 6.41. The normalized spacial score (nSPS) is 10.7. The number of rotatable bonds is 9. The predicted molar refractivity (Wildman–Crippen MR) is 80.7 cm³/mol. The van der Waals surface area contributed by atoms with E-state index in [1.54, 1.807) is 0 Å². The summed E-state index contributed by atoms with van der Waals surface area (Å²) in [4.78, 5) is 6.74. The van der Waals surface area contributed by atoms with Crippen LogP contribution in [0.15, 0.2) is 12.1 Å². The Balaban J connectivity index is 2.49. The second kappa shape index (κ2) is 8.58. The first-order valence-corrected chi connectivity index (χ1v) is 7.06. The first-order chi connectivity index (χ1) is 9.21. The number of nitrogens with zero attached hydrogens (tertiary/aromatic N) is 2. The third-order valence-electron chi connectivity index (χ3n) is 2.96. The van der Waals surface area contributed by atoms with E-state index >= 15 is 0 Å². The van der Waals surface area contributed by atoms with Gasteiger partial charge in [-0.2, -0.15) is 4.98 Å². The average molecular weight is 266 g/mol. The summed E-state index contributed by atoms with van der Waals surface area (Å²) in [7, 11) is 0. The van der Waals surface area contributed by atoms with Crippen LogP contribution in [0.4, 0.5) is 11.5 Å². The van der Waals surface area contributed by atoms with Crippen LogP contribution < -0.4 is 15.8 Å². The Morgan fingerprint density at radius 2 is 2.00 bits per heavy atom. The molecule has 19 heavy (non-hydrogen) atoms. The van der Waals surface area contributed by atoms with Crippen LogP contribution in [0.5, 0.6) is 5.88 Å². The van der Waals surface area contributed by atoms with Crippen LogP contribution >= 0.6 is 0 Å². The van der Waals surface area contributed by atoms with Crippen LogP contribution in [-0.2, 0) is 0 Å². The molecule has 0 aliphatic heterocycles. The van der Waals surface area contributed by atoms with E-state index in [9.17, 15) is 0 Å². The fourth-order valence-electron chi connectivity index (χ4n) is 1.75. The van der Waals surface area contributed by atoms with Gasteiger partial charge in [-0.15, -0.1) is 0 Å². The fourth-order valence-corrected chi connectivity index (χ4v) is 1.75. The van der Waals surface area contributed by atoms with Crippen LogP contribution in [0.25, 0.3) is 0 Å². The molecule has 0 spiro atoms. The van der Waals surface area contributed by atoms with Crippen molar-refractivity contribution in [3.8, 4) is 5.88 Å². The van der Waals surface area contributed by atoms with Gasteiger partial charge in [0.15, 0.2) is 0 Å². The van der Waals surface area contributed by atoms with Gasteiger partial charge in [-0.1, -0.05) is 20.8 Å². The van der Waals surface area contributed by atoms with Crippen molar-refractivity contribution < 1.29 is 4.74 Å². The smallest absolute Gasteiger partial charge is 0.239 e. The maximum absolute atomic E-state index is 5.83. The Morgan fingerprint density at radius 3 is 2.63 bits per heavy atom. The molecule has 1 aromatic rings. The zero-order chi connectivity index (χ0) is 14.1. The van der Waals surface area contributed by atoms with Gasteiger partial charge in [0.05, 0.1) is 12.3 Å². The largest absolute Gasteiger partial charge is 0.476 e. The van der Waals surface area contributed by atoms with Gasteiger partial charge in [0.1, 0.15) is 5.82 Å². The zero-order valence-corrected chi connectivity index (χ0v) is 12.3. The highest BCUT2D eigenvalue weighted by Crippen LogP contribution is 2.20. The third kappa shape index (κ3) is 5.34. The number of hydrogen-bond acceptors (Lipinski definition) is 5. The molecule has 3 N–H and O–H groups in total. The van der Waals surface area contributed by atoms with Crippen LogP contribution in [0.2, 0.25) is 0 Å². The Hall–Kier alpha value is -1.49. The molecule has 5 heteroatoms. The molecular formula is C14H26N4O. The highest BCUT2D eigenvalue weighted by molar-refractivity contribution is 5.53. The number of likely N-dealkylation sites (N-methyl/N-ethyl adjacent to an activating group) is 1. The van der Waals surface area contributed by atoms with E-state index in [0.717, 1.165) is 38.4 Å². The molecule has 0 radical (unpaired) electrons. The maximum Gasteiger partial charge on any atom is 0.239 e. The summed E-state index contributed by atoms with van der Waals surface area (Å²) in [5.74, 6) is 1.34. The lowest BCUT2D eigenvalue weighted by atomic mass is 10.4. The molecule has 1 rings (SSSR count). The molecule has 5 nitrogen and oxygen atoms in total. The molecule has 0 saturated heterocycles. The minimum atomic E-state index is 0.523. The molecular weight excluding hydrogens is 240 g/mol. The molecule has 0 amide bonds. The minimum absolute atomic E-state index is 0.523. The minimum Gasteiger partial charge on any atom is -0.476 e. The van der Waals surface area contributed by atoms with Gasteiger partial charge in [-0.25, -0.2) is 0 Å². The van der Waals surface area contributed by atoms with Gasteiger partial charge in [0, 0.05) is 13.1 Å². The average Bonchev–Trinajstić information content (AvgIpc) is 2.44. The van der Waals surface area contributed by atoms with Crippen molar-refractivity contribution in [2.45, 2.75) is 27.2 Å². The Labute approximate surface area is 116 Å². The standard InChI is InChI=1S/C14H26N4O/c1-4-11-19-14-12(15)7-8-13(17-14)16-9-10-18(5-2)6-3/h7-8H,4-6,9-11,15H2,1-3H3,(H,16,17). The highest BCUT2D eigenvalue weighted by Gasteiger charge is 2.04. The molecule has 0 unspecified atom stereocenters. The van der Waals surface area contributed by atoms with Crippen molar-refractivity contribution in [1.29, 1.82) is 0 Å². The predicted octanol–water partition coefficient (Wildman–Crippen LogP) is 2.21. The molecule has 0 aliphatic carbocycles. The molecule has 0 atom stereocenters. The second-order valence-electron chi connectivity index (χ2n) is 4.39. The third-order valence-corrected chi connectivity index (χ3v) is 2.96. The van der Waals surface area contributed by atoms with Crippen LogP contribution in [0.3, 0.4) is 0 Å². The molecule has 0 saturated carbocycles. The van der Waals surface area contributed by atoms with Gasteiger partial charge in [-0.3, -0.25) is 0 Å². The van der Waals surface area contributed by atoms with Gasteiger partial charge in [0.2, 0.25) is 5.88 Å². The number of nitrogens with two attached hydrogens (primary N) is 1. The lowest BCUT2D eigenvalue weighted by Gasteiger charge is -2.18. The van der Waals surface area contributed by atoms with Gasteiger partial charge < -0.3 is 20.7 Å². The summed E-state index contributed by atoms with van der Waals surface area (Å²) in [5, 5.41) is 3.30. The van der Waals surface area contributed by atoms with Crippen LogP contribution in [0, 0.1) is 0 Å². The van der Waals surface area contributed by atoms with Crippen molar-refractivity contribution in [3.63, 3.8) is 0 Å². The summed E-state index contributed by atoms with van der Waals surface area (Å²) in [6, 6.07) is 3.72. The molecule has 0 fully saturated rings. The lowest BCUT2D eigenvalue weighted by molar-refractivity contribution is 0.307.